The van der Waals surface area contributed by atoms with Crippen molar-refractivity contribution in [3.05, 3.63) is 35.9 Å². The number of hydrogen-bond acceptors (Lipinski definition) is 5. The van der Waals surface area contributed by atoms with E-state index in [2.05, 4.69) is 21.5 Å². The van der Waals surface area contributed by atoms with E-state index in [0.717, 1.165) is 18.5 Å². The van der Waals surface area contributed by atoms with Crippen LogP contribution in [0.1, 0.15) is 24.9 Å². The fraction of sp³-hybridized carbons (Fsp3) is 0.467. The second-order valence-electron chi connectivity index (χ2n) is 5.41. The molecule has 2 amide bonds. The second-order valence-corrected chi connectivity index (χ2v) is 5.41. The molecule has 1 saturated heterocycles. The zero-order valence-electron chi connectivity index (χ0n) is 12.6. The summed E-state index contributed by atoms with van der Waals surface area (Å²) in [7, 11) is 0. The van der Waals surface area contributed by atoms with Crippen LogP contribution in [0.25, 0.3) is 0 Å². The van der Waals surface area contributed by atoms with Gasteiger partial charge in [-0.2, -0.15) is 0 Å². The molecular weight excluding hydrogens is 282 g/mol. The fourth-order valence-electron chi connectivity index (χ4n) is 2.18. The second kappa shape index (κ2) is 7.88. The Morgan fingerprint density at radius 2 is 2.05 bits per heavy atom. The SMILES string of the molecule is CC(CN)C(=O)NC(C(=O)NC1CCNN1)c1ccccc1. The van der Waals surface area contributed by atoms with Crippen LogP contribution in [0, 0.1) is 5.92 Å². The van der Waals surface area contributed by atoms with Gasteiger partial charge in [-0.3, -0.25) is 15.0 Å². The number of carbonyl (C=O) groups excluding carboxylic acids is 2. The average molecular weight is 305 g/mol. The first-order valence-electron chi connectivity index (χ1n) is 7.46. The van der Waals surface area contributed by atoms with E-state index in [1.54, 1.807) is 6.92 Å². The third kappa shape index (κ3) is 4.27. The van der Waals surface area contributed by atoms with Crippen LogP contribution >= 0.6 is 0 Å². The molecule has 0 spiro atoms. The molecule has 7 heteroatoms. The highest BCUT2D eigenvalue weighted by atomic mass is 16.2. The minimum absolute atomic E-state index is 0.137. The molecule has 120 valence electrons. The van der Waals surface area contributed by atoms with Gasteiger partial charge in [0.25, 0.3) is 0 Å². The van der Waals surface area contributed by atoms with Crippen LogP contribution in [0.5, 0.6) is 0 Å². The third-order valence-electron chi connectivity index (χ3n) is 3.63. The highest BCUT2D eigenvalue weighted by Crippen LogP contribution is 2.14. The van der Waals surface area contributed by atoms with Gasteiger partial charge in [-0.05, 0) is 12.0 Å². The number of hydrogen-bond donors (Lipinski definition) is 5. The van der Waals surface area contributed by atoms with Gasteiger partial charge < -0.3 is 16.4 Å². The van der Waals surface area contributed by atoms with Gasteiger partial charge >= 0.3 is 0 Å². The Morgan fingerprint density at radius 1 is 1.32 bits per heavy atom. The van der Waals surface area contributed by atoms with Crippen LogP contribution < -0.4 is 27.2 Å². The molecule has 6 N–H and O–H groups in total. The minimum atomic E-state index is -0.731. The van der Waals surface area contributed by atoms with E-state index >= 15 is 0 Å². The molecular formula is C15H23N5O2. The molecule has 1 fully saturated rings. The lowest BCUT2D eigenvalue weighted by Gasteiger charge is -2.22. The van der Waals surface area contributed by atoms with E-state index in [1.165, 1.54) is 0 Å². The molecule has 22 heavy (non-hydrogen) atoms. The first-order valence-corrected chi connectivity index (χ1v) is 7.46. The van der Waals surface area contributed by atoms with Gasteiger partial charge in [-0.25, -0.2) is 5.43 Å². The smallest absolute Gasteiger partial charge is 0.248 e. The standard InChI is InChI=1S/C15H23N5O2/c1-10(9-16)14(21)19-13(11-5-3-2-4-6-11)15(22)18-12-7-8-17-20-12/h2-6,10,12-13,17,20H,7-9,16H2,1H3,(H,18,22)(H,19,21). The van der Waals surface area contributed by atoms with Crippen molar-refractivity contribution in [1.82, 2.24) is 21.5 Å². The van der Waals surface area contributed by atoms with Crippen LogP contribution in [-0.4, -0.2) is 31.1 Å². The predicted molar refractivity (Wildman–Crippen MR) is 83.2 cm³/mol. The van der Waals surface area contributed by atoms with Crippen molar-refractivity contribution in [2.24, 2.45) is 11.7 Å². The van der Waals surface area contributed by atoms with E-state index in [9.17, 15) is 9.59 Å². The Balaban J connectivity index is 2.10. The van der Waals surface area contributed by atoms with Crippen molar-refractivity contribution < 1.29 is 9.59 Å². The molecule has 0 saturated carbocycles. The van der Waals surface area contributed by atoms with Gasteiger partial charge in [0.2, 0.25) is 11.8 Å². The van der Waals surface area contributed by atoms with Gasteiger partial charge in [0, 0.05) is 19.0 Å². The minimum Gasteiger partial charge on any atom is -0.340 e. The van der Waals surface area contributed by atoms with Crippen molar-refractivity contribution in [2.75, 3.05) is 13.1 Å². The summed E-state index contributed by atoms with van der Waals surface area (Å²) in [4.78, 5) is 24.6. The Morgan fingerprint density at radius 3 is 2.64 bits per heavy atom. The van der Waals surface area contributed by atoms with Crippen molar-refractivity contribution in [3.63, 3.8) is 0 Å². The van der Waals surface area contributed by atoms with E-state index in [1.807, 2.05) is 30.3 Å². The number of hydrazine groups is 1. The van der Waals surface area contributed by atoms with Gasteiger partial charge in [-0.15, -0.1) is 0 Å². The van der Waals surface area contributed by atoms with Crippen molar-refractivity contribution in [2.45, 2.75) is 25.6 Å². The summed E-state index contributed by atoms with van der Waals surface area (Å²) in [6.07, 6.45) is 0.656. The number of amides is 2. The Bertz CT molecular complexity index is 502. The Hall–Kier alpha value is -1.96. The molecule has 3 unspecified atom stereocenters. The van der Waals surface area contributed by atoms with Crippen LogP contribution in [0.3, 0.4) is 0 Å². The zero-order chi connectivity index (χ0) is 15.9. The molecule has 3 atom stereocenters. The number of rotatable bonds is 6. The van der Waals surface area contributed by atoms with Gasteiger partial charge in [-0.1, -0.05) is 37.3 Å². The molecule has 0 aliphatic carbocycles. The van der Waals surface area contributed by atoms with Crippen molar-refractivity contribution in [1.29, 1.82) is 0 Å². The molecule has 1 aromatic carbocycles. The summed E-state index contributed by atoms with van der Waals surface area (Å²) in [5.74, 6) is -0.820. The maximum atomic E-state index is 12.5. The zero-order valence-corrected chi connectivity index (χ0v) is 12.6. The lowest BCUT2D eigenvalue weighted by Crippen LogP contribution is -2.50. The van der Waals surface area contributed by atoms with Crippen LogP contribution in [0.4, 0.5) is 0 Å². The van der Waals surface area contributed by atoms with Crippen molar-refractivity contribution in [3.8, 4) is 0 Å². The number of nitrogens with two attached hydrogens (primary N) is 1. The molecule has 0 bridgehead atoms. The first kappa shape index (κ1) is 16.4. The maximum Gasteiger partial charge on any atom is 0.248 e. The Kier molecular flexibility index (Phi) is 5.88. The van der Waals surface area contributed by atoms with E-state index < -0.39 is 6.04 Å². The lowest BCUT2D eigenvalue weighted by molar-refractivity contribution is -0.131. The normalized spacial score (nSPS) is 20.2. The van der Waals surface area contributed by atoms with Crippen LogP contribution in [-0.2, 0) is 9.59 Å². The summed E-state index contributed by atoms with van der Waals surface area (Å²) in [5, 5.41) is 5.66. The topological polar surface area (TPSA) is 108 Å². The predicted octanol–water partition coefficient (Wildman–Crippen LogP) is -0.621. The summed E-state index contributed by atoms with van der Waals surface area (Å²) in [6, 6.07) is 8.44. The molecule has 1 aliphatic heterocycles. The third-order valence-corrected chi connectivity index (χ3v) is 3.63. The lowest BCUT2D eigenvalue weighted by atomic mass is 10.0. The average Bonchev–Trinajstić information content (AvgIpc) is 3.05. The molecule has 1 aliphatic rings. The number of nitrogens with one attached hydrogen (secondary N) is 4. The molecule has 1 heterocycles. The summed E-state index contributed by atoms with van der Waals surface area (Å²) < 4.78 is 0. The molecule has 0 aromatic heterocycles. The number of carbonyl (C=O) groups is 2. The van der Waals surface area contributed by atoms with Gasteiger partial charge in [0.15, 0.2) is 0 Å². The monoisotopic (exact) mass is 305 g/mol. The van der Waals surface area contributed by atoms with E-state index in [0.29, 0.717) is 0 Å². The molecule has 7 nitrogen and oxygen atoms in total. The van der Waals surface area contributed by atoms with Crippen LogP contribution in [0.15, 0.2) is 30.3 Å². The van der Waals surface area contributed by atoms with Gasteiger partial charge in [0.05, 0.1) is 6.17 Å². The Labute approximate surface area is 130 Å². The van der Waals surface area contributed by atoms with Gasteiger partial charge in [0.1, 0.15) is 6.04 Å². The fourth-order valence-corrected chi connectivity index (χ4v) is 2.18. The molecule has 0 radical (unpaired) electrons. The quantitative estimate of drug-likeness (QED) is 0.481. The summed E-state index contributed by atoms with van der Waals surface area (Å²) >= 11 is 0. The van der Waals surface area contributed by atoms with Crippen LogP contribution in [0.2, 0.25) is 0 Å². The maximum absolute atomic E-state index is 12.5. The largest absolute Gasteiger partial charge is 0.340 e. The highest BCUT2D eigenvalue weighted by molar-refractivity contribution is 5.89. The van der Waals surface area contributed by atoms with E-state index in [4.69, 9.17) is 5.73 Å². The van der Waals surface area contributed by atoms with E-state index in [-0.39, 0.29) is 30.4 Å². The van der Waals surface area contributed by atoms with Crippen molar-refractivity contribution >= 4 is 11.8 Å². The summed E-state index contributed by atoms with van der Waals surface area (Å²) in [6.45, 7) is 2.76. The molecule has 2 rings (SSSR count). The first-order chi connectivity index (χ1) is 10.6. The highest BCUT2D eigenvalue weighted by Gasteiger charge is 2.27. The summed E-state index contributed by atoms with van der Waals surface area (Å²) in [5.41, 5.74) is 12.2. The molecule has 1 aromatic rings. The number of benzene rings is 1.